The van der Waals surface area contributed by atoms with Crippen LogP contribution in [-0.2, 0) is 20.0 Å². The second-order valence-corrected chi connectivity index (χ2v) is 2.94. The van der Waals surface area contributed by atoms with Crippen molar-refractivity contribution in [1.82, 2.24) is 5.06 Å². The number of amides is 2. The van der Waals surface area contributed by atoms with Gasteiger partial charge in [0.15, 0.2) is 0 Å². The van der Waals surface area contributed by atoms with Gasteiger partial charge in [-0.25, -0.2) is 0 Å². The maximum Gasteiger partial charge on any atom is 0.394 e. The lowest BCUT2D eigenvalue weighted by molar-refractivity contribution is -0.171. The van der Waals surface area contributed by atoms with Gasteiger partial charge in [-0.3, -0.25) is 23.9 Å². The van der Waals surface area contributed by atoms with Crippen molar-refractivity contribution < 1.29 is 32.3 Å². The van der Waals surface area contributed by atoms with Gasteiger partial charge in [-0.2, -0.15) is 13.5 Å². The zero-order valence-corrected chi connectivity index (χ0v) is 7.06. The Labute approximate surface area is 73.3 Å². The first-order valence-electron chi connectivity index (χ1n) is 2.96. The van der Waals surface area contributed by atoms with E-state index in [0.717, 1.165) is 0 Å². The standard InChI is InChI=1S/C4H5NO3.H2O4S/c6-3-1-2-4(7)5(3)8;1-5(2,3)4/h8H,1-2H2;(H2,1,2,3,4). The second kappa shape index (κ2) is 4.28. The molecule has 3 N–H and O–H groups in total. The molecule has 0 atom stereocenters. The van der Waals surface area contributed by atoms with E-state index in [9.17, 15) is 9.59 Å². The minimum atomic E-state index is -4.67. The largest absolute Gasteiger partial charge is 0.394 e. The highest BCUT2D eigenvalue weighted by Gasteiger charge is 2.26. The molecule has 0 unspecified atom stereocenters. The Bertz CT molecular complexity index is 282. The monoisotopic (exact) mass is 213 g/mol. The molecule has 76 valence electrons. The summed E-state index contributed by atoms with van der Waals surface area (Å²) in [6, 6.07) is 0. The molecule has 1 rings (SSSR count). The van der Waals surface area contributed by atoms with Crippen molar-refractivity contribution in [1.29, 1.82) is 0 Å². The summed E-state index contributed by atoms with van der Waals surface area (Å²) in [6.45, 7) is 0. The topological polar surface area (TPSA) is 132 Å². The number of nitrogens with zero attached hydrogens (tertiary/aromatic N) is 1. The molecule has 1 aliphatic rings. The van der Waals surface area contributed by atoms with E-state index in [0.29, 0.717) is 0 Å². The summed E-state index contributed by atoms with van der Waals surface area (Å²) in [5.41, 5.74) is 0. The van der Waals surface area contributed by atoms with Gasteiger partial charge in [0.25, 0.3) is 11.8 Å². The van der Waals surface area contributed by atoms with Crippen LogP contribution in [-0.4, -0.2) is 39.6 Å². The van der Waals surface area contributed by atoms with E-state index in [2.05, 4.69) is 0 Å². The molecule has 0 bridgehead atoms. The van der Waals surface area contributed by atoms with Gasteiger partial charge in [-0.15, -0.1) is 0 Å². The van der Waals surface area contributed by atoms with E-state index < -0.39 is 22.2 Å². The SMILES string of the molecule is O=C1CCC(=O)N1O.O=S(=O)(O)O. The van der Waals surface area contributed by atoms with Crippen LogP contribution >= 0.6 is 0 Å². The number of hydrogen-bond donors (Lipinski definition) is 3. The molecule has 1 heterocycles. The van der Waals surface area contributed by atoms with Gasteiger partial charge in [0.2, 0.25) is 0 Å². The number of hydroxylamine groups is 2. The fourth-order valence-electron chi connectivity index (χ4n) is 0.565. The Morgan fingerprint density at radius 2 is 1.31 bits per heavy atom. The Morgan fingerprint density at radius 1 is 1.08 bits per heavy atom. The lowest BCUT2D eigenvalue weighted by Crippen LogP contribution is -2.24. The molecule has 1 aliphatic heterocycles. The summed E-state index contributed by atoms with van der Waals surface area (Å²) in [7, 11) is -4.67. The van der Waals surface area contributed by atoms with E-state index in [4.69, 9.17) is 22.7 Å². The van der Waals surface area contributed by atoms with Crippen molar-refractivity contribution in [3.05, 3.63) is 0 Å². The van der Waals surface area contributed by atoms with Gasteiger partial charge in [0.1, 0.15) is 0 Å². The van der Waals surface area contributed by atoms with Crippen molar-refractivity contribution in [2.75, 3.05) is 0 Å². The molecule has 13 heavy (non-hydrogen) atoms. The number of imide groups is 1. The van der Waals surface area contributed by atoms with Gasteiger partial charge in [0, 0.05) is 12.8 Å². The van der Waals surface area contributed by atoms with Crippen molar-refractivity contribution >= 4 is 22.2 Å². The molecule has 1 fully saturated rings. The Morgan fingerprint density at radius 3 is 1.38 bits per heavy atom. The third-order valence-electron chi connectivity index (χ3n) is 1.03. The molecule has 0 radical (unpaired) electrons. The first-order valence-corrected chi connectivity index (χ1v) is 4.36. The molecule has 0 aliphatic carbocycles. The smallest absolute Gasteiger partial charge is 0.279 e. The van der Waals surface area contributed by atoms with Gasteiger partial charge >= 0.3 is 10.4 Å². The van der Waals surface area contributed by atoms with Crippen LogP contribution in [0.15, 0.2) is 0 Å². The molecule has 0 aromatic carbocycles. The van der Waals surface area contributed by atoms with E-state index in [1.807, 2.05) is 0 Å². The molecule has 0 saturated carbocycles. The van der Waals surface area contributed by atoms with Crippen LogP contribution in [0.4, 0.5) is 0 Å². The summed E-state index contributed by atoms with van der Waals surface area (Å²) in [5.74, 6) is -1.01. The number of hydrogen-bond acceptors (Lipinski definition) is 5. The fraction of sp³-hybridized carbons (Fsp3) is 0.500. The minimum absolute atomic E-state index is 0.148. The van der Waals surface area contributed by atoms with Crippen molar-refractivity contribution in [2.24, 2.45) is 0 Å². The van der Waals surface area contributed by atoms with Crippen LogP contribution in [0.1, 0.15) is 12.8 Å². The summed E-state index contributed by atoms with van der Waals surface area (Å²) < 4.78 is 31.6. The highest BCUT2D eigenvalue weighted by atomic mass is 32.3. The van der Waals surface area contributed by atoms with Crippen LogP contribution in [0, 0.1) is 0 Å². The molecular formula is C4H7NO7S. The van der Waals surface area contributed by atoms with Gasteiger partial charge in [-0.1, -0.05) is 0 Å². The lowest BCUT2D eigenvalue weighted by atomic mass is 10.4. The average Bonchev–Trinajstić information content (AvgIpc) is 2.16. The zero-order chi connectivity index (χ0) is 10.6. The summed E-state index contributed by atoms with van der Waals surface area (Å²) in [5, 5.41) is 8.57. The quantitative estimate of drug-likeness (QED) is 0.263. The Hall–Kier alpha value is -1.03. The summed E-state index contributed by atoms with van der Waals surface area (Å²) >= 11 is 0. The molecule has 9 heteroatoms. The van der Waals surface area contributed by atoms with E-state index >= 15 is 0 Å². The first-order chi connectivity index (χ1) is 5.72. The number of carbonyl (C=O) groups excluding carboxylic acids is 2. The normalized spacial score (nSPS) is 17.0. The molecule has 2 amide bonds. The molecule has 0 aromatic rings. The highest BCUT2D eigenvalue weighted by molar-refractivity contribution is 7.79. The molecule has 0 spiro atoms. The van der Waals surface area contributed by atoms with Crippen LogP contribution in [0.2, 0.25) is 0 Å². The van der Waals surface area contributed by atoms with E-state index in [1.165, 1.54) is 0 Å². The van der Waals surface area contributed by atoms with Crippen molar-refractivity contribution in [3.63, 3.8) is 0 Å². The third-order valence-corrected chi connectivity index (χ3v) is 1.03. The predicted octanol–water partition coefficient (Wildman–Crippen LogP) is -1.13. The Kier molecular flexibility index (Phi) is 3.94. The van der Waals surface area contributed by atoms with Crippen LogP contribution in [0.3, 0.4) is 0 Å². The number of carbonyl (C=O) groups is 2. The molecule has 8 nitrogen and oxygen atoms in total. The van der Waals surface area contributed by atoms with Crippen molar-refractivity contribution in [2.45, 2.75) is 12.8 Å². The fourth-order valence-corrected chi connectivity index (χ4v) is 0.565. The minimum Gasteiger partial charge on any atom is -0.279 e. The lowest BCUT2D eigenvalue weighted by Gasteiger charge is -1.98. The van der Waals surface area contributed by atoms with Gasteiger partial charge < -0.3 is 0 Å². The predicted molar refractivity (Wildman–Crippen MR) is 37.1 cm³/mol. The number of rotatable bonds is 0. The molecule has 1 saturated heterocycles. The van der Waals surface area contributed by atoms with Crippen LogP contribution < -0.4 is 0 Å². The van der Waals surface area contributed by atoms with Gasteiger partial charge in [-0.05, 0) is 0 Å². The highest BCUT2D eigenvalue weighted by Crippen LogP contribution is 2.06. The molecule has 0 aromatic heterocycles. The Balaban J connectivity index is 0.000000252. The second-order valence-electron chi connectivity index (χ2n) is 2.05. The van der Waals surface area contributed by atoms with Crippen LogP contribution in [0.25, 0.3) is 0 Å². The van der Waals surface area contributed by atoms with E-state index in [-0.39, 0.29) is 17.9 Å². The summed E-state index contributed by atoms with van der Waals surface area (Å²) in [4.78, 5) is 20.5. The zero-order valence-electron chi connectivity index (χ0n) is 6.24. The van der Waals surface area contributed by atoms with Gasteiger partial charge in [0.05, 0.1) is 0 Å². The first kappa shape index (κ1) is 12.0. The maximum absolute atomic E-state index is 10.2. The van der Waals surface area contributed by atoms with Crippen molar-refractivity contribution in [3.8, 4) is 0 Å². The van der Waals surface area contributed by atoms with E-state index in [1.54, 1.807) is 0 Å². The average molecular weight is 213 g/mol. The molecular weight excluding hydrogens is 206 g/mol. The maximum atomic E-state index is 10.2. The summed E-state index contributed by atoms with van der Waals surface area (Å²) in [6.07, 6.45) is 0.296. The van der Waals surface area contributed by atoms with Crippen LogP contribution in [0.5, 0.6) is 0 Å². The third kappa shape index (κ3) is 6.16.